The lowest BCUT2D eigenvalue weighted by Gasteiger charge is -2.46. The van der Waals surface area contributed by atoms with Gasteiger partial charge in [-0.15, -0.1) is 0 Å². The monoisotopic (exact) mass is 242 g/mol. The summed E-state index contributed by atoms with van der Waals surface area (Å²) in [5.74, 6) is 2.92. The highest BCUT2D eigenvalue weighted by atomic mass is 32.2. The van der Waals surface area contributed by atoms with Crippen LogP contribution in [0.25, 0.3) is 0 Å². The first-order valence-corrected chi connectivity index (χ1v) is 7.67. The van der Waals surface area contributed by atoms with Gasteiger partial charge in [-0.3, -0.25) is 4.90 Å². The maximum Gasteiger partial charge on any atom is 0.0432 e. The highest BCUT2D eigenvalue weighted by molar-refractivity contribution is 8.00. The maximum absolute atomic E-state index is 6.10. The van der Waals surface area contributed by atoms with E-state index < -0.39 is 0 Å². The van der Waals surface area contributed by atoms with Gasteiger partial charge in [-0.2, -0.15) is 11.8 Å². The Balaban J connectivity index is 2.09. The number of rotatable bonds is 2. The standard InChI is InChI=1S/C13H26N2S/c1-10-4-11(2)7-15(6-10)13(8-14)5-12(3)16-9-13/h10-12H,4-9,14H2,1-3H3. The van der Waals surface area contributed by atoms with Crippen molar-refractivity contribution < 1.29 is 0 Å². The summed E-state index contributed by atoms with van der Waals surface area (Å²) in [6.45, 7) is 10.5. The van der Waals surface area contributed by atoms with Crippen molar-refractivity contribution in [3.05, 3.63) is 0 Å². The van der Waals surface area contributed by atoms with E-state index in [1.165, 1.54) is 31.7 Å². The zero-order valence-electron chi connectivity index (χ0n) is 10.9. The van der Waals surface area contributed by atoms with E-state index >= 15 is 0 Å². The van der Waals surface area contributed by atoms with E-state index in [1.807, 2.05) is 0 Å². The third kappa shape index (κ3) is 2.41. The molecule has 94 valence electrons. The summed E-state index contributed by atoms with van der Waals surface area (Å²) in [4.78, 5) is 2.71. The van der Waals surface area contributed by atoms with Crippen molar-refractivity contribution in [2.24, 2.45) is 17.6 Å². The molecule has 2 heterocycles. The third-order valence-electron chi connectivity index (χ3n) is 4.22. The molecule has 0 aromatic heterocycles. The van der Waals surface area contributed by atoms with Crippen LogP contribution < -0.4 is 5.73 Å². The van der Waals surface area contributed by atoms with Crippen molar-refractivity contribution in [3.8, 4) is 0 Å². The molecule has 2 rings (SSSR count). The number of hydrogen-bond acceptors (Lipinski definition) is 3. The Bertz CT molecular complexity index is 236. The Morgan fingerprint density at radius 2 is 1.88 bits per heavy atom. The molecule has 3 heteroatoms. The van der Waals surface area contributed by atoms with Gasteiger partial charge in [0.15, 0.2) is 0 Å². The second-order valence-corrected chi connectivity index (χ2v) is 7.53. The number of likely N-dealkylation sites (tertiary alicyclic amines) is 1. The Morgan fingerprint density at radius 1 is 1.25 bits per heavy atom. The van der Waals surface area contributed by atoms with E-state index in [1.54, 1.807) is 0 Å². The summed E-state index contributed by atoms with van der Waals surface area (Å²) in [5, 5.41) is 0.788. The lowest BCUT2D eigenvalue weighted by atomic mass is 9.85. The normalized spacial score (nSPS) is 46.1. The molecule has 2 fully saturated rings. The van der Waals surface area contributed by atoms with Gasteiger partial charge in [0.2, 0.25) is 0 Å². The highest BCUT2D eigenvalue weighted by Gasteiger charge is 2.43. The SMILES string of the molecule is CC1CC(C)CN(C2(CN)CSC(C)C2)C1. The van der Waals surface area contributed by atoms with Gasteiger partial charge in [0.05, 0.1) is 0 Å². The van der Waals surface area contributed by atoms with Gasteiger partial charge >= 0.3 is 0 Å². The first-order chi connectivity index (χ1) is 7.55. The van der Waals surface area contributed by atoms with Crippen LogP contribution in [-0.2, 0) is 0 Å². The molecule has 0 radical (unpaired) electrons. The average Bonchev–Trinajstić information content (AvgIpc) is 2.60. The zero-order chi connectivity index (χ0) is 11.8. The third-order valence-corrected chi connectivity index (χ3v) is 5.66. The number of nitrogens with two attached hydrogens (primary N) is 1. The number of thioether (sulfide) groups is 1. The molecular weight excluding hydrogens is 216 g/mol. The molecule has 2 nitrogen and oxygen atoms in total. The Kier molecular flexibility index (Phi) is 3.87. The number of hydrogen-bond donors (Lipinski definition) is 1. The van der Waals surface area contributed by atoms with E-state index in [4.69, 9.17) is 5.73 Å². The maximum atomic E-state index is 6.10. The van der Waals surface area contributed by atoms with Crippen LogP contribution in [0.15, 0.2) is 0 Å². The lowest BCUT2D eigenvalue weighted by molar-refractivity contribution is 0.0420. The average molecular weight is 242 g/mol. The zero-order valence-corrected chi connectivity index (χ0v) is 11.7. The van der Waals surface area contributed by atoms with Gasteiger partial charge in [-0.25, -0.2) is 0 Å². The second kappa shape index (κ2) is 4.87. The van der Waals surface area contributed by atoms with Crippen LogP contribution in [0.4, 0.5) is 0 Å². The van der Waals surface area contributed by atoms with E-state index in [2.05, 4.69) is 37.4 Å². The minimum atomic E-state index is 0.313. The fraction of sp³-hybridized carbons (Fsp3) is 1.00. The van der Waals surface area contributed by atoms with Gasteiger partial charge in [-0.1, -0.05) is 20.8 Å². The minimum Gasteiger partial charge on any atom is -0.329 e. The smallest absolute Gasteiger partial charge is 0.0432 e. The predicted octanol–water partition coefficient (Wildman–Crippen LogP) is 2.19. The Hall–Kier alpha value is 0.270. The molecule has 2 saturated heterocycles. The van der Waals surface area contributed by atoms with Crippen LogP contribution in [0.5, 0.6) is 0 Å². The highest BCUT2D eigenvalue weighted by Crippen LogP contribution is 2.40. The molecular formula is C13H26N2S. The van der Waals surface area contributed by atoms with E-state index in [0.717, 1.165) is 23.6 Å². The molecule has 2 aliphatic rings. The van der Waals surface area contributed by atoms with Crippen LogP contribution in [0, 0.1) is 11.8 Å². The van der Waals surface area contributed by atoms with Gasteiger partial charge in [0.1, 0.15) is 0 Å². The van der Waals surface area contributed by atoms with Crippen molar-refractivity contribution in [2.75, 3.05) is 25.4 Å². The molecule has 0 spiro atoms. The molecule has 2 N–H and O–H groups in total. The largest absolute Gasteiger partial charge is 0.329 e. The van der Waals surface area contributed by atoms with Crippen molar-refractivity contribution in [1.82, 2.24) is 4.90 Å². The molecule has 0 amide bonds. The number of nitrogens with zero attached hydrogens (tertiary/aromatic N) is 1. The Morgan fingerprint density at radius 3 is 2.31 bits per heavy atom. The molecule has 16 heavy (non-hydrogen) atoms. The summed E-state index contributed by atoms with van der Waals surface area (Å²) < 4.78 is 0. The van der Waals surface area contributed by atoms with Crippen molar-refractivity contribution >= 4 is 11.8 Å². The minimum absolute atomic E-state index is 0.313. The van der Waals surface area contributed by atoms with Gasteiger partial charge in [-0.05, 0) is 24.7 Å². The molecule has 4 unspecified atom stereocenters. The van der Waals surface area contributed by atoms with Crippen molar-refractivity contribution in [3.63, 3.8) is 0 Å². The molecule has 0 saturated carbocycles. The van der Waals surface area contributed by atoms with E-state index in [9.17, 15) is 0 Å². The topological polar surface area (TPSA) is 29.3 Å². The van der Waals surface area contributed by atoms with Crippen molar-refractivity contribution in [1.29, 1.82) is 0 Å². The lowest BCUT2D eigenvalue weighted by Crippen LogP contribution is -2.58. The molecule has 0 aromatic carbocycles. The van der Waals surface area contributed by atoms with Gasteiger partial charge < -0.3 is 5.73 Å². The molecule has 0 aromatic rings. The van der Waals surface area contributed by atoms with Crippen LogP contribution in [0.2, 0.25) is 0 Å². The first-order valence-electron chi connectivity index (χ1n) is 6.62. The summed E-state index contributed by atoms with van der Waals surface area (Å²) in [6.07, 6.45) is 2.67. The molecule has 4 atom stereocenters. The molecule has 0 bridgehead atoms. The fourth-order valence-corrected chi connectivity index (χ4v) is 4.93. The summed E-state index contributed by atoms with van der Waals surface area (Å²) >= 11 is 2.10. The van der Waals surface area contributed by atoms with Gasteiger partial charge in [0, 0.05) is 36.2 Å². The molecule has 2 aliphatic heterocycles. The Labute approximate surface area is 104 Å². The van der Waals surface area contributed by atoms with Crippen LogP contribution >= 0.6 is 11.8 Å². The van der Waals surface area contributed by atoms with E-state index in [0.29, 0.717) is 5.54 Å². The summed E-state index contributed by atoms with van der Waals surface area (Å²) in [5.41, 5.74) is 6.41. The first kappa shape index (κ1) is 12.7. The quantitative estimate of drug-likeness (QED) is 0.805. The molecule has 0 aliphatic carbocycles. The summed E-state index contributed by atoms with van der Waals surface area (Å²) in [6, 6.07) is 0. The fourth-order valence-electron chi connectivity index (χ4n) is 3.49. The van der Waals surface area contributed by atoms with E-state index in [-0.39, 0.29) is 0 Å². The summed E-state index contributed by atoms with van der Waals surface area (Å²) in [7, 11) is 0. The predicted molar refractivity (Wildman–Crippen MR) is 72.8 cm³/mol. The van der Waals surface area contributed by atoms with Crippen LogP contribution in [0.1, 0.15) is 33.6 Å². The van der Waals surface area contributed by atoms with Gasteiger partial charge in [0.25, 0.3) is 0 Å². The number of piperidine rings is 1. The van der Waals surface area contributed by atoms with Crippen molar-refractivity contribution in [2.45, 2.75) is 44.4 Å². The van der Waals surface area contributed by atoms with Crippen LogP contribution in [0.3, 0.4) is 0 Å². The van der Waals surface area contributed by atoms with Crippen LogP contribution in [-0.4, -0.2) is 41.1 Å². The second-order valence-electron chi connectivity index (χ2n) is 6.11.